The van der Waals surface area contributed by atoms with Crippen molar-refractivity contribution >= 4 is 43.1 Å². The minimum Gasteiger partial charge on any atom is -0.242 e. The van der Waals surface area contributed by atoms with E-state index in [1.165, 1.54) is 20.5 Å². The standard InChI is InChI=1S/2C9H9NS/c1-6-3-4-9-8(5-6)10-7(2)11-9;1-6-3-4-8-9(5-6)11-7(2)10-8/h2*3-5H,1-2H3. The number of benzene rings is 2. The Balaban J connectivity index is 0.000000131. The molecule has 0 spiro atoms. The molecule has 0 amide bonds. The number of hydrogen-bond acceptors (Lipinski definition) is 4. The van der Waals surface area contributed by atoms with Gasteiger partial charge in [0.1, 0.15) is 0 Å². The fraction of sp³-hybridized carbons (Fsp3) is 0.222. The van der Waals surface area contributed by atoms with Gasteiger partial charge in [-0.1, -0.05) is 12.1 Å². The lowest BCUT2D eigenvalue weighted by atomic mass is 10.2. The third-order valence-electron chi connectivity index (χ3n) is 3.30. The molecule has 4 rings (SSSR count). The number of nitrogens with zero attached hydrogens (tertiary/aromatic N) is 2. The van der Waals surface area contributed by atoms with Gasteiger partial charge in [-0.3, -0.25) is 0 Å². The van der Waals surface area contributed by atoms with E-state index >= 15 is 0 Å². The summed E-state index contributed by atoms with van der Waals surface area (Å²) >= 11 is 3.50. The van der Waals surface area contributed by atoms with E-state index in [4.69, 9.17) is 0 Å². The monoisotopic (exact) mass is 326 g/mol. The van der Waals surface area contributed by atoms with Crippen molar-refractivity contribution in [3.8, 4) is 0 Å². The minimum atomic E-state index is 1.12. The number of hydrogen-bond donors (Lipinski definition) is 0. The van der Waals surface area contributed by atoms with Crippen molar-refractivity contribution in [3.05, 3.63) is 57.5 Å². The molecule has 0 saturated carbocycles. The summed E-state index contributed by atoms with van der Waals surface area (Å²) in [6, 6.07) is 12.7. The summed E-state index contributed by atoms with van der Waals surface area (Å²) in [6.45, 7) is 8.28. The summed E-state index contributed by atoms with van der Waals surface area (Å²) in [5, 5.41) is 2.29. The van der Waals surface area contributed by atoms with Crippen molar-refractivity contribution in [1.82, 2.24) is 9.97 Å². The van der Waals surface area contributed by atoms with E-state index in [-0.39, 0.29) is 0 Å². The van der Waals surface area contributed by atoms with Gasteiger partial charge in [-0.25, -0.2) is 9.97 Å². The Morgan fingerprint density at radius 3 is 2.00 bits per heavy atom. The highest BCUT2D eigenvalue weighted by atomic mass is 32.1. The second kappa shape index (κ2) is 6.15. The molecule has 0 aliphatic carbocycles. The van der Waals surface area contributed by atoms with E-state index in [1.54, 1.807) is 22.7 Å². The molecule has 2 nitrogen and oxygen atoms in total. The van der Waals surface area contributed by atoms with Crippen LogP contribution in [0.2, 0.25) is 0 Å². The Hall–Kier alpha value is -1.78. The maximum absolute atomic E-state index is 4.39. The van der Waals surface area contributed by atoms with Crippen molar-refractivity contribution < 1.29 is 0 Å². The highest BCUT2D eigenvalue weighted by Gasteiger charge is 1.99. The summed E-state index contributed by atoms with van der Waals surface area (Å²) in [7, 11) is 0. The predicted octanol–water partition coefficient (Wildman–Crippen LogP) is 5.83. The van der Waals surface area contributed by atoms with Crippen LogP contribution in [0.25, 0.3) is 20.4 Å². The van der Waals surface area contributed by atoms with E-state index in [2.05, 4.69) is 60.2 Å². The molecule has 0 radical (unpaired) electrons. The van der Waals surface area contributed by atoms with E-state index in [0.29, 0.717) is 0 Å². The number of aryl methyl sites for hydroxylation is 4. The fourth-order valence-electron chi connectivity index (χ4n) is 2.30. The van der Waals surface area contributed by atoms with Crippen LogP contribution in [0, 0.1) is 27.7 Å². The Bertz CT molecular complexity index is 857. The molecule has 4 heteroatoms. The zero-order valence-electron chi connectivity index (χ0n) is 13.2. The van der Waals surface area contributed by atoms with Crippen LogP contribution in [0.15, 0.2) is 36.4 Å². The molecule has 2 aromatic heterocycles. The van der Waals surface area contributed by atoms with Gasteiger partial charge >= 0.3 is 0 Å². The molecule has 0 aliphatic heterocycles. The van der Waals surface area contributed by atoms with Crippen LogP contribution in [-0.2, 0) is 0 Å². The summed E-state index contributed by atoms with van der Waals surface area (Å²) < 4.78 is 2.58. The predicted molar refractivity (Wildman–Crippen MR) is 98.2 cm³/mol. The van der Waals surface area contributed by atoms with Crippen molar-refractivity contribution in [2.45, 2.75) is 27.7 Å². The van der Waals surface area contributed by atoms with E-state index in [9.17, 15) is 0 Å². The van der Waals surface area contributed by atoms with Crippen LogP contribution in [0.3, 0.4) is 0 Å². The average molecular weight is 326 g/mol. The van der Waals surface area contributed by atoms with Gasteiger partial charge in [0.05, 0.1) is 30.4 Å². The van der Waals surface area contributed by atoms with Crippen molar-refractivity contribution in [1.29, 1.82) is 0 Å². The van der Waals surface area contributed by atoms with Gasteiger partial charge in [0.2, 0.25) is 0 Å². The number of rotatable bonds is 0. The van der Waals surface area contributed by atoms with Crippen LogP contribution in [0.5, 0.6) is 0 Å². The third-order valence-corrected chi connectivity index (χ3v) is 5.19. The quantitative estimate of drug-likeness (QED) is 0.406. The Kier molecular flexibility index (Phi) is 4.23. The third kappa shape index (κ3) is 3.34. The number of thiazole rings is 2. The van der Waals surface area contributed by atoms with Crippen LogP contribution in [0.4, 0.5) is 0 Å². The molecule has 0 unspecified atom stereocenters. The molecular formula is C18H18N2S2. The molecule has 0 saturated heterocycles. The smallest absolute Gasteiger partial charge is 0.0907 e. The topological polar surface area (TPSA) is 25.8 Å². The van der Waals surface area contributed by atoms with Crippen LogP contribution in [-0.4, -0.2) is 9.97 Å². The molecule has 0 bridgehead atoms. The van der Waals surface area contributed by atoms with Crippen LogP contribution < -0.4 is 0 Å². The Morgan fingerprint density at radius 1 is 0.636 bits per heavy atom. The van der Waals surface area contributed by atoms with Gasteiger partial charge in [-0.2, -0.15) is 0 Å². The Morgan fingerprint density at radius 2 is 1.23 bits per heavy atom. The first-order chi connectivity index (χ1) is 10.5. The molecule has 2 aromatic carbocycles. The number of aromatic nitrogens is 2. The molecule has 0 fully saturated rings. The zero-order chi connectivity index (χ0) is 15.7. The zero-order valence-corrected chi connectivity index (χ0v) is 14.8. The second-order valence-corrected chi connectivity index (χ2v) is 7.88. The van der Waals surface area contributed by atoms with Gasteiger partial charge < -0.3 is 0 Å². The molecule has 0 aliphatic rings. The van der Waals surface area contributed by atoms with Gasteiger partial charge in [0.15, 0.2) is 0 Å². The van der Waals surface area contributed by atoms with Crippen molar-refractivity contribution in [2.24, 2.45) is 0 Å². The highest BCUT2D eigenvalue weighted by molar-refractivity contribution is 7.18. The first-order valence-electron chi connectivity index (χ1n) is 7.19. The maximum Gasteiger partial charge on any atom is 0.0907 e. The summed E-state index contributed by atoms with van der Waals surface area (Å²) in [6.07, 6.45) is 0. The molecule has 0 atom stereocenters. The number of fused-ring (bicyclic) bond motifs is 2. The highest BCUT2D eigenvalue weighted by Crippen LogP contribution is 2.22. The average Bonchev–Trinajstić information content (AvgIpc) is 2.99. The second-order valence-electron chi connectivity index (χ2n) is 5.41. The Labute approximate surface area is 138 Å². The molecule has 112 valence electrons. The van der Waals surface area contributed by atoms with E-state index < -0.39 is 0 Å². The largest absolute Gasteiger partial charge is 0.242 e. The first kappa shape index (κ1) is 15.1. The minimum absolute atomic E-state index is 1.12. The molecular weight excluding hydrogens is 308 g/mol. The summed E-state index contributed by atoms with van der Waals surface area (Å²) in [5.74, 6) is 0. The van der Waals surface area contributed by atoms with Gasteiger partial charge in [-0.05, 0) is 63.1 Å². The van der Waals surface area contributed by atoms with Gasteiger partial charge in [0.25, 0.3) is 0 Å². The maximum atomic E-state index is 4.39. The lowest BCUT2D eigenvalue weighted by molar-refractivity contribution is 1.34. The van der Waals surface area contributed by atoms with E-state index in [0.717, 1.165) is 21.0 Å². The van der Waals surface area contributed by atoms with E-state index in [1.807, 2.05) is 13.8 Å². The first-order valence-corrected chi connectivity index (χ1v) is 8.82. The normalized spacial score (nSPS) is 10.7. The van der Waals surface area contributed by atoms with Gasteiger partial charge in [0, 0.05) is 0 Å². The molecule has 22 heavy (non-hydrogen) atoms. The lowest BCUT2D eigenvalue weighted by Gasteiger charge is -1.88. The van der Waals surface area contributed by atoms with Crippen LogP contribution >= 0.6 is 22.7 Å². The molecule has 0 N–H and O–H groups in total. The summed E-state index contributed by atoms with van der Waals surface area (Å²) in [4.78, 5) is 8.77. The van der Waals surface area contributed by atoms with Gasteiger partial charge in [-0.15, -0.1) is 22.7 Å². The SMILES string of the molecule is Cc1ccc2nc(C)sc2c1.Cc1ccc2sc(C)nc2c1. The lowest BCUT2D eigenvalue weighted by Crippen LogP contribution is -1.71. The van der Waals surface area contributed by atoms with Crippen LogP contribution in [0.1, 0.15) is 21.1 Å². The molecule has 4 aromatic rings. The molecule has 2 heterocycles. The van der Waals surface area contributed by atoms with Crippen molar-refractivity contribution in [3.63, 3.8) is 0 Å². The fourth-order valence-corrected chi connectivity index (χ4v) is 4.03. The summed E-state index contributed by atoms with van der Waals surface area (Å²) in [5.41, 5.74) is 4.84. The van der Waals surface area contributed by atoms with Crippen molar-refractivity contribution in [2.75, 3.05) is 0 Å².